The van der Waals surface area contributed by atoms with Crippen LogP contribution < -0.4 is 11.1 Å². The molecule has 2 aliphatic rings. The summed E-state index contributed by atoms with van der Waals surface area (Å²) in [5.74, 6) is 0.837. The molecule has 112 valence electrons. The van der Waals surface area contributed by atoms with Crippen LogP contribution in [0.1, 0.15) is 29.5 Å². The van der Waals surface area contributed by atoms with Crippen LogP contribution in [0.25, 0.3) is 0 Å². The van der Waals surface area contributed by atoms with E-state index in [-0.39, 0.29) is 6.04 Å². The average Bonchev–Trinajstić information content (AvgIpc) is 2.97. The molecule has 0 fully saturated rings. The molecule has 0 radical (unpaired) electrons. The Morgan fingerprint density at radius 3 is 2.73 bits per heavy atom. The van der Waals surface area contributed by atoms with Gasteiger partial charge in [-0.3, -0.25) is 0 Å². The molecule has 4 rings (SSSR count). The zero-order valence-electron chi connectivity index (χ0n) is 11.9. The van der Waals surface area contributed by atoms with Crippen LogP contribution in [0.15, 0.2) is 48.6 Å². The highest BCUT2D eigenvalue weighted by Gasteiger charge is 2.38. The van der Waals surface area contributed by atoms with Crippen molar-refractivity contribution in [3.8, 4) is 0 Å². The predicted octanol–water partition coefficient (Wildman–Crippen LogP) is 5.40. The summed E-state index contributed by atoms with van der Waals surface area (Å²) in [6.07, 6.45) is 5.59. The fraction of sp³-hybridized carbons (Fsp3) is 0.222. The van der Waals surface area contributed by atoms with Gasteiger partial charge in [-0.15, -0.1) is 0 Å². The fourth-order valence-corrected chi connectivity index (χ4v) is 4.20. The highest BCUT2D eigenvalue weighted by molar-refractivity contribution is 6.35. The maximum Gasteiger partial charge on any atom is 0.0568 e. The van der Waals surface area contributed by atoms with Crippen LogP contribution >= 0.6 is 23.2 Å². The van der Waals surface area contributed by atoms with Gasteiger partial charge in [0.1, 0.15) is 0 Å². The fourth-order valence-electron chi connectivity index (χ4n) is 3.67. The van der Waals surface area contributed by atoms with Crippen LogP contribution in [0, 0.1) is 5.92 Å². The Hall–Kier alpha value is -1.64. The average molecular weight is 331 g/mol. The summed E-state index contributed by atoms with van der Waals surface area (Å²) in [6, 6.07) is 12.0. The Bertz CT molecular complexity index is 770. The summed E-state index contributed by atoms with van der Waals surface area (Å²) < 4.78 is 0. The third-order valence-electron chi connectivity index (χ3n) is 4.68. The second kappa shape index (κ2) is 5.22. The van der Waals surface area contributed by atoms with E-state index < -0.39 is 0 Å². The third kappa shape index (κ3) is 2.18. The van der Waals surface area contributed by atoms with Gasteiger partial charge in [0.25, 0.3) is 0 Å². The second-order valence-electron chi connectivity index (χ2n) is 5.99. The minimum absolute atomic E-state index is 0.181. The molecule has 0 spiro atoms. The van der Waals surface area contributed by atoms with Crippen molar-refractivity contribution >= 4 is 34.6 Å². The van der Waals surface area contributed by atoms with E-state index in [0.29, 0.717) is 16.9 Å². The molecule has 2 aromatic carbocycles. The number of benzene rings is 2. The maximum absolute atomic E-state index is 6.44. The number of halogens is 2. The van der Waals surface area contributed by atoms with Gasteiger partial charge in [-0.2, -0.15) is 0 Å². The molecule has 3 atom stereocenters. The number of nitrogens with one attached hydrogen (secondary N) is 1. The first-order valence-electron chi connectivity index (χ1n) is 7.41. The van der Waals surface area contributed by atoms with E-state index in [1.54, 1.807) is 0 Å². The maximum atomic E-state index is 6.44. The molecular weight excluding hydrogens is 315 g/mol. The number of nitrogens with two attached hydrogens (primary N) is 1. The molecule has 1 aliphatic carbocycles. The van der Waals surface area contributed by atoms with Crippen molar-refractivity contribution in [1.82, 2.24) is 0 Å². The quantitative estimate of drug-likeness (QED) is 0.542. The van der Waals surface area contributed by atoms with Gasteiger partial charge in [0.2, 0.25) is 0 Å². The second-order valence-corrected chi connectivity index (χ2v) is 6.83. The summed E-state index contributed by atoms with van der Waals surface area (Å²) in [6.45, 7) is 0. The number of hydrogen-bond donors (Lipinski definition) is 2. The van der Waals surface area contributed by atoms with Crippen molar-refractivity contribution in [3.63, 3.8) is 0 Å². The van der Waals surface area contributed by atoms with Crippen molar-refractivity contribution in [3.05, 3.63) is 69.7 Å². The molecule has 0 amide bonds. The van der Waals surface area contributed by atoms with Crippen molar-refractivity contribution in [2.75, 3.05) is 11.1 Å². The number of anilines is 2. The summed E-state index contributed by atoms with van der Waals surface area (Å²) >= 11 is 12.5. The van der Waals surface area contributed by atoms with Gasteiger partial charge in [0.15, 0.2) is 0 Å². The smallest absolute Gasteiger partial charge is 0.0568 e. The van der Waals surface area contributed by atoms with E-state index in [9.17, 15) is 0 Å². The lowest BCUT2D eigenvalue weighted by molar-refractivity contribution is 0.426. The standard InChI is InChI=1S/C18H16Cl2N2/c19-10-4-6-14(16(20)8-10)18-13-3-1-2-12(13)15-9-11(21)5-7-17(15)22-18/h1-2,4-9,12-13,18,22H,3,21H2/t12-,13+,18+/m1/s1. The Balaban J connectivity index is 1.81. The Labute approximate surface area is 139 Å². The number of allylic oxidation sites excluding steroid dienone is 2. The van der Waals surface area contributed by atoms with Crippen LogP contribution in [-0.4, -0.2) is 0 Å². The molecule has 1 heterocycles. The summed E-state index contributed by atoms with van der Waals surface area (Å²) in [4.78, 5) is 0. The highest BCUT2D eigenvalue weighted by atomic mass is 35.5. The lowest BCUT2D eigenvalue weighted by Gasteiger charge is -2.38. The first-order valence-corrected chi connectivity index (χ1v) is 8.16. The van der Waals surface area contributed by atoms with Crippen LogP contribution in [0.2, 0.25) is 10.0 Å². The molecule has 0 aromatic heterocycles. The molecule has 4 heteroatoms. The molecular formula is C18H16Cl2N2. The summed E-state index contributed by atoms with van der Waals surface area (Å²) in [5, 5.41) is 5.03. The number of nitrogen functional groups attached to an aromatic ring is 1. The Morgan fingerprint density at radius 1 is 1.05 bits per heavy atom. The molecule has 3 N–H and O–H groups in total. The van der Waals surface area contributed by atoms with Gasteiger partial charge < -0.3 is 11.1 Å². The third-order valence-corrected chi connectivity index (χ3v) is 5.25. The molecule has 2 aromatic rings. The lowest BCUT2D eigenvalue weighted by atomic mass is 9.77. The minimum Gasteiger partial charge on any atom is -0.399 e. The number of hydrogen-bond acceptors (Lipinski definition) is 2. The molecule has 22 heavy (non-hydrogen) atoms. The van der Waals surface area contributed by atoms with Crippen molar-refractivity contribution in [2.45, 2.75) is 18.4 Å². The Kier molecular flexibility index (Phi) is 3.32. The van der Waals surface area contributed by atoms with Crippen molar-refractivity contribution in [1.29, 1.82) is 0 Å². The SMILES string of the molecule is Nc1ccc2c(c1)[C@@H]1C=CC[C@@H]1[C@@H](c1ccc(Cl)cc1Cl)N2. The zero-order valence-corrected chi connectivity index (χ0v) is 13.4. The zero-order chi connectivity index (χ0) is 15.3. The van der Waals surface area contributed by atoms with E-state index in [1.165, 1.54) is 5.56 Å². The number of fused-ring (bicyclic) bond motifs is 3. The molecule has 0 saturated heterocycles. The minimum atomic E-state index is 0.181. The largest absolute Gasteiger partial charge is 0.399 e. The number of rotatable bonds is 1. The molecule has 0 bridgehead atoms. The van der Waals surface area contributed by atoms with Gasteiger partial charge in [-0.25, -0.2) is 0 Å². The monoisotopic (exact) mass is 330 g/mol. The lowest BCUT2D eigenvalue weighted by Crippen LogP contribution is -2.29. The van der Waals surface area contributed by atoms with Gasteiger partial charge in [0.05, 0.1) is 6.04 Å². The summed E-state index contributed by atoms with van der Waals surface area (Å²) in [5.41, 5.74) is 10.3. The van der Waals surface area contributed by atoms with E-state index in [1.807, 2.05) is 24.3 Å². The van der Waals surface area contributed by atoms with E-state index in [4.69, 9.17) is 28.9 Å². The van der Waals surface area contributed by atoms with Crippen LogP contribution in [0.3, 0.4) is 0 Å². The first kappa shape index (κ1) is 14.0. The van der Waals surface area contributed by atoms with E-state index in [0.717, 1.165) is 28.4 Å². The summed E-state index contributed by atoms with van der Waals surface area (Å²) in [7, 11) is 0. The molecule has 2 nitrogen and oxygen atoms in total. The van der Waals surface area contributed by atoms with Crippen LogP contribution in [0.4, 0.5) is 11.4 Å². The van der Waals surface area contributed by atoms with E-state index in [2.05, 4.69) is 29.6 Å². The van der Waals surface area contributed by atoms with Gasteiger partial charge in [-0.05, 0) is 53.8 Å². The predicted molar refractivity (Wildman–Crippen MR) is 93.7 cm³/mol. The Morgan fingerprint density at radius 2 is 1.91 bits per heavy atom. The van der Waals surface area contributed by atoms with Gasteiger partial charge in [0, 0.05) is 27.3 Å². The molecule has 0 unspecified atom stereocenters. The molecule has 0 saturated carbocycles. The van der Waals surface area contributed by atoms with Gasteiger partial charge in [-0.1, -0.05) is 41.4 Å². The first-order chi connectivity index (χ1) is 10.6. The topological polar surface area (TPSA) is 38.0 Å². The van der Waals surface area contributed by atoms with Gasteiger partial charge >= 0.3 is 0 Å². The van der Waals surface area contributed by atoms with Crippen LogP contribution in [-0.2, 0) is 0 Å². The normalized spacial score (nSPS) is 25.5. The molecule has 1 aliphatic heterocycles. The van der Waals surface area contributed by atoms with Crippen molar-refractivity contribution < 1.29 is 0 Å². The van der Waals surface area contributed by atoms with E-state index >= 15 is 0 Å². The highest BCUT2D eigenvalue weighted by Crippen LogP contribution is 2.51. The van der Waals surface area contributed by atoms with Crippen LogP contribution in [0.5, 0.6) is 0 Å². The van der Waals surface area contributed by atoms with Crippen molar-refractivity contribution in [2.24, 2.45) is 5.92 Å².